The van der Waals surface area contributed by atoms with Crippen LogP contribution in [0, 0.1) is 6.92 Å². The third-order valence-electron chi connectivity index (χ3n) is 2.78. The van der Waals surface area contributed by atoms with Gasteiger partial charge in [0.1, 0.15) is 11.5 Å². The summed E-state index contributed by atoms with van der Waals surface area (Å²) in [5.74, 6) is 0.431. The van der Waals surface area contributed by atoms with Crippen molar-refractivity contribution < 1.29 is 13.2 Å². The quantitative estimate of drug-likeness (QED) is 0.819. The summed E-state index contributed by atoms with van der Waals surface area (Å²) in [5.41, 5.74) is 0.241. The Morgan fingerprint density at radius 3 is 2.71 bits per heavy atom. The van der Waals surface area contributed by atoms with E-state index in [0.29, 0.717) is 12.4 Å². The van der Waals surface area contributed by atoms with Crippen LogP contribution in [0.3, 0.4) is 0 Å². The van der Waals surface area contributed by atoms with Crippen molar-refractivity contribution in [2.75, 3.05) is 4.72 Å². The number of aryl methyl sites for hydroxylation is 2. The SMILES string of the molecule is CCCn1cc(S(=O)(=O)Nc2nc(C(C)=O)cs2)nc1C. The van der Waals surface area contributed by atoms with Crippen molar-refractivity contribution in [2.45, 2.75) is 38.8 Å². The van der Waals surface area contributed by atoms with Crippen molar-refractivity contribution in [1.82, 2.24) is 14.5 Å². The number of carbonyl (C=O) groups excluding carboxylic acids is 1. The lowest BCUT2D eigenvalue weighted by Crippen LogP contribution is -2.13. The van der Waals surface area contributed by atoms with Crippen LogP contribution in [0.2, 0.25) is 0 Å². The maximum absolute atomic E-state index is 12.2. The molecule has 0 aliphatic heterocycles. The lowest BCUT2D eigenvalue weighted by Gasteiger charge is -2.01. The summed E-state index contributed by atoms with van der Waals surface area (Å²) in [4.78, 5) is 19.2. The molecule has 2 aromatic heterocycles. The minimum Gasteiger partial charge on any atom is -0.334 e. The van der Waals surface area contributed by atoms with Gasteiger partial charge in [0.2, 0.25) is 0 Å². The van der Waals surface area contributed by atoms with Crippen molar-refractivity contribution in [1.29, 1.82) is 0 Å². The topological polar surface area (TPSA) is 94.0 Å². The van der Waals surface area contributed by atoms with Crippen LogP contribution in [0.4, 0.5) is 5.13 Å². The van der Waals surface area contributed by atoms with Crippen molar-refractivity contribution in [3.8, 4) is 0 Å². The molecule has 0 atom stereocenters. The molecular formula is C12H16N4O3S2. The molecule has 1 N–H and O–H groups in total. The molecular weight excluding hydrogens is 312 g/mol. The second kappa shape index (κ2) is 5.94. The van der Waals surface area contributed by atoms with Crippen molar-refractivity contribution in [2.24, 2.45) is 0 Å². The normalized spacial score (nSPS) is 11.6. The molecule has 2 aromatic rings. The second-order valence-corrected chi connectivity index (χ2v) is 7.01. The summed E-state index contributed by atoms with van der Waals surface area (Å²) in [6.45, 7) is 5.85. The van der Waals surface area contributed by atoms with Gasteiger partial charge in [0.15, 0.2) is 15.9 Å². The van der Waals surface area contributed by atoms with Crippen LogP contribution in [-0.4, -0.2) is 28.7 Å². The van der Waals surface area contributed by atoms with Gasteiger partial charge in [0, 0.05) is 25.0 Å². The Hall–Kier alpha value is -1.74. The van der Waals surface area contributed by atoms with Crippen LogP contribution in [-0.2, 0) is 16.6 Å². The zero-order valence-corrected chi connectivity index (χ0v) is 13.6. The van der Waals surface area contributed by atoms with Gasteiger partial charge in [-0.15, -0.1) is 11.3 Å². The fourth-order valence-corrected chi connectivity index (χ4v) is 3.74. The van der Waals surface area contributed by atoms with Crippen molar-refractivity contribution in [3.63, 3.8) is 0 Å². The Balaban J connectivity index is 2.25. The lowest BCUT2D eigenvalue weighted by molar-refractivity contribution is 0.101. The fraction of sp³-hybridized carbons (Fsp3) is 0.417. The highest BCUT2D eigenvalue weighted by Crippen LogP contribution is 2.20. The van der Waals surface area contributed by atoms with Gasteiger partial charge in [-0.25, -0.2) is 9.97 Å². The molecule has 0 aliphatic rings. The first kappa shape index (κ1) is 15.6. The van der Waals surface area contributed by atoms with Crippen LogP contribution in [0.5, 0.6) is 0 Å². The number of ketones is 1. The summed E-state index contributed by atoms with van der Waals surface area (Å²) < 4.78 is 28.6. The van der Waals surface area contributed by atoms with Gasteiger partial charge >= 0.3 is 0 Å². The number of rotatable bonds is 6. The van der Waals surface area contributed by atoms with Gasteiger partial charge in [-0.1, -0.05) is 6.92 Å². The Bertz CT molecular complexity index is 761. The van der Waals surface area contributed by atoms with E-state index in [1.807, 2.05) is 6.92 Å². The standard InChI is InChI=1S/C12H16N4O3S2/c1-4-5-16-6-11(13-9(16)3)21(18,19)15-12-14-10(7-20-12)8(2)17/h6-7H,4-5H2,1-3H3,(H,14,15). The Kier molecular flexibility index (Phi) is 4.43. The van der Waals surface area contributed by atoms with Crippen LogP contribution in [0.1, 0.15) is 36.6 Å². The number of imidazole rings is 1. The number of aromatic nitrogens is 3. The highest BCUT2D eigenvalue weighted by atomic mass is 32.2. The van der Waals surface area contributed by atoms with Gasteiger partial charge in [0.05, 0.1) is 0 Å². The molecule has 0 unspecified atom stereocenters. The van der Waals surface area contributed by atoms with Crippen LogP contribution >= 0.6 is 11.3 Å². The number of carbonyl (C=O) groups is 1. The minimum absolute atomic E-state index is 0.0481. The van der Waals surface area contributed by atoms with Crippen LogP contribution in [0.15, 0.2) is 16.6 Å². The molecule has 0 spiro atoms. The highest BCUT2D eigenvalue weighted by molar-refractivity contribution is 7.92. The molecule has 0 aliphatic carbocycles. The summed E-state index contributed by atoms with van der Waals surface area (Å²) in [7, 11) is -3.79. The number of hydrogen-bond donors (Lipinski definition) is 1. The molecule has 0 bridgehead atoms. The summed E-state index contributed by atoms with van der Waals surface area (Å²) in [5, 5.41) is 1.62. The number of sulfonamides is 1. The third kappa shape index (κ3) is 3.48. The van der Waals surface area contributed by atoms with Gasteiger partial charge < -0.3 is 4.57 Å². The minimum atomic E-state index is -3.79. The van der Waals surface area contributed by atoms with E-state index >= 15 is 0 Å². The highest BCUT2D eigenvalue weighted by Gasteiger charge is 2.21. The van der Waals surface area contributed by atoms with Crippen molar-refractivity contribution in [3.05, 3.63) is 23.1 Å². The molecule has 2 heterocycles. The molecule has 9 heteroatoms. The summed E-state index contributed by atoms with van der Waals surface area (Å²) in [6, 6.07) is 0. The van der Waals surface area contributed by atoms with Gasteiger partial charge in [-0.3, -0.25) is 9.52 Å². The molecule has 0 amide bonds. The molecule has 0 aromatic carbocycles. The molecule has 0 radical (unpaired) electrons. The van der Waals surface area contributed by atoms with E-state index < -0.39 is 10.0 Å². The molecule has 7 nitrogen and oxygen atoms in total. The van der Waals surface area contributed by atoms with E-state index in [0.717, 1.165) is 17.8 Å². The number of hydrogen-bond acceptors (Lipinski definition) is 6. The van der Waals surface area contributed by atoms with E-state index in [-0.39, 0.29) is 21.6 Å². The van der Waals surface area contributed by atoms with E-state index in [9.17, 15) is 13.2 Å². The third-order valence-corrected chi connectivity index (χ3v) is 4.88. The van der Waals surface area contributed by atoms with Gasteiger partial charge in [0.25, 0.3) is 10.0 Å². The smallest absolute Gasteiger partial charge is 0.282 e. The average molecular weight is 328 g/mol. The molecule has 0 saturated heterocycles. The first-order valence-corrected chi connectivity index (χ1v) is 8.73. The molecule has 0 fully saturated rings. The van der Waals surface area contributed by atoms with E-state index in [2.05, 4.69) is 14.7 Å². The number of Topliss-reactive ketones (excluding diaryl/α,β-unsaturated/α-hetero) is 1. The number of nitrogens with one attached hydrogen (secondary N) is 1. The molecule has 0 saturated carbocycles. The number of thiazole rings is 1. The second-order valence-electron chi connectivity index (χ2n) is 4.52. The average Bonchev–Trinajstić information content (AvgIpc) is 2.98. The number of nitrogens with zero attached hydrogens (tertiary/aromatic N) is 3. The predicted molar refractivity (Wildman–Crippen MR) is 80.2 cm³/mol. The lowest BCUT2D eigenvalue weighted by atomic mass is 10.4. The maximum Gasteiger partial charge on any atom is 0.282 e. The monoisotopic (exact) mass is 328 g/mol. The maximum atomic E-state index is 12.2. The van der Waals surface area contributed by atoms with Gasteiger partial charge in [-0.2, -0.15) is 8.42 Å². The Morgan fingerprint density at radius 1 is 1.43 bits per heavy atom. The van der Waals surface area contributed by atoms with E-state index in [1.165, 1.54) is 18.5 Å². The first-order valence-electron chi connectivity index (χ1n) is 6.36. The molecule has 21 heavy (non-hydrogen) atoms. The zero-order chi connectivity index (χ0) is 15.6. The summed E-state index contributed by atoms with van der Waals surface area (Å²) >= 11 is 1.06. The fourth-order valence-electron chi connectivity index (χ4n) is 1.73. The number of anilines is 1. The summed E-state index contributed by atoms with van der Waals surface area (Å²) in [6.07, 6.45) is 2.39. The largest absolute Gasteiger partial charge is 0.334 e. The predicted octanol–water partition coefficient (Wildman–Crippen LogP) is 2.06. The van der Waals surface area contributed by atoms with E-state index in [4.69, 9.17) is 0 Å². The van der Waals surface area contributed by atoms with Gasteiger partial charge in [-0.05, 0) is 13.3 Å². The van der Waals surface area contributed by atoms with Crippen LogP contribution in [0.25, 0.3) is 0 Å². The van der Waals surface area contributed by atoms with Crippen LogP contribution < -0.4 is 4.72 Å². The Morgan fingerprint density at radius 2 is 2.14 bits per heavy atom. The van der Waals surface area contributed by atoms with E-state index in [1.54, 1.807) is 11.5 Å². The zero-order valence-electron chi connectivity index (χ0n) is 12.0. The first-order chi connectivity index (χ1) is 9.83. The van der Waals surface area contributed by atoms with Crippen molar-refractivity contribution >= 4 is 32.3 Å². The molecule has 2 rings (SSSR count). The Labute approximate surface area is 127 Å². The molecule has 114 valence electrons.